The standard InChI is InChI=1S/C35H46O2/c1-7-8-9-10-11-13-16-26-19-21-29(33(37)27-17-14-12-15-18-27)30(23-26)31-24-28(20-22-32(31)36)35(5,6)25-34(2,3)4/h12,14-15,17-24,36H,7-11,13,16,25H2,1-6H3. The van der Waals surface area contributed by atoms with Gasteiger partial charge in [-0.3, -0.25) is 4.79 Å². The average Bonchev–Trinajstić information content (AvgIpc) is 2.85. The zero-order valence-corrected chi connectivity index (χ0v) is 23.9. The lowest BCUT2D eigenvalue weighted by atomic mass is 9.72. The average molecular weight is 499 g/mol. The molecule has 0 atom stereocenters. The number of benzene rings is 3. The normalized spacial score (nSPS) is 12.1. The maximum absolute atomic E-state index is 13.6. The molecule has 0 saturated heterocycles. The number of hydrogen-bond acceptors (Lipinski definition) is 2. The number of phenolic OH excluding ortho intramolecular Hbond substituents is 1. The first-order chi connectivity index (χ1) is 17.5. The van der Waals surface area contributed by atoms with Gasteiger partial charge in [0.25, 0.3) is 0 Å². The van der Waals surface area contributed by atoms with E-state index in [1.54, 1.807) is 6.07 Å². The van der Waals surface area contributed by atoms with Crippen molar-refractivity contribution in [2.45, 2.75) is 98.3 Å². The minimum Gasteiger partial charge on any atom is -0.507 e. The van der Waals surface area contributed by atoms with E-state index in [1.807, 2.05) is 42.5 Å². The zero-order chi connectivity index (χ0) is 27.1. The Morgan fingerprint density at radius 1 is 0.757 bits per heavy atom. The second kappa shape index (κ2) is 12.6. The Morgan fingerprint density at radius 3 is 2.11 bits per heavy atom. The van der Waals surface area contributed by atoms with Crippen molar-refractivity contribution in [3.63, 3.8) is 0 Å². The Labute approximate surface area is 225 Å². The molecule has 0 heterocycles. The van der Waals surface area contributed by atoms with Crippen molar-refractivity contribution in [3.8, 4) is 16.9 Å². The Morgan fingerprint density at radius 2 is 1.43 bits per heavy atom. The van der Waals surface area contributed by atoms with Gasteiger partial charge in [-0.05, 0) is 58.9 Å². The van der Waals surface area contributed by atoms with E-state index in [4.69, 9.17) is 0 Å². The highest BCUT2D eigenvalue weighted by Gasteiger charge is 2.28. The molecule has 198 valence electrons. The number of hydrogen-bond donors (Lipinski definition) is 1. The van der Waals surface area contributed by atoms with Crippen molar-refractivity contribution >= 4 is 5.78 Å². The van der Waals surface area contributed by atoms with Crippen LogP contribution < -0.4 is 0 Å². The van der Waals surface area contributed by atoms with Gasteiger partial charge in [-0.2, -0.15) is 0 Å². The number of unbranched alkanes of at least 4 members (excludes halogenated alkanes) is 5. The van der Waals surface area contributed by atoms with Crippen molar-refractivity contribution in [2.75, 3.05) is 0 Å². The molecule has 0 aliphatic heterocycles. The molecule has 0 spiro atoms. The Balaban J connectivity index is 2.02. The van der Waals surface area contributed by atoms with E-state index in [0.717, 1.165) is 30.4 Å². The van der Waals surface area contributed by atoms with Gasteiger partial charge in [0.2, 0.25) is 0 Å². The van der Waals surface area contributed by atoms with Crippen molar-refractivity contribution in [1.29, 1.82) is 0 Å². The molecule has 0 unspecified atom stereocenters. The maximum Gasteiger partial charge on any atom is 0.193 e. The second-order valence-electron chi connectivity index (χ2n) is 12.4. The summed E-state index contributed by atoms with van der Waals surface area (Å²) in [5.74, 6) is 0.203. The SMILES string of the molecule is CCCCCCCCc1ccc(C(=O)c2ccccc2)c(-c2cc(C(C)(C)CC(C)(C)C)ccc2O)c1. The van der Waals surface area contributed by atoms with Gasteiger partial charge in [0.1, 0.15) is 5.75 Å². The van der Waals surface area contributed by atoms with Crippen LogP contribution >= 0.6 is 0 Å². The van der Waals surface area contributed by atoms with E-state index in [9.17, 15) is 9.90 Å². The topological polar surface area (TPSA) is 37.3 Å². The molecule has 3 aromatic rings. The summed E-state index contributed by atoms with van der Waals surface area (Å²) in [6, 6.07) is 21.6. The molecule has 0 radical (unpaired) electrons. The van der Waals surface area contributed by atoms with E-state index in [0.29, 0.717) is 11.1 Å². The highest BCUT2D eigenvalue weighted by molar-refractivity contribution is 6.13. The molecule has 37 heavy (non-hydrogen) atoms. The molecule has 0 bridgehead atoms. The molecule has 3 aromatic carbocycles. The summed E-state index contributed by atoms with van der Waals surface area (Å²) in [7, 11) is 0. The minimum atomic E-state index is -0.0690. The fourth-order valence-corrected chi connectivity index (χ4v) is 5.62. The number of aromatic hydroxyl groups is 1. The molecule has 3 rings (SSSR count). The second-order valence-corrected chi connectivity index (χ2v) is 12.4. The third kappa shape index (κ3) is 8.06. The lowest BCUT2D eigenvalue weighted by Gasteiger charge is -2.33. The van der Waals surface area contributed by atoms with Crippen LogP contribution in [-0.2, 0) is 11.8 Å². The summed E-state index contributed by atoms with van der Waals surface area (Å²) in [4.78, 5) is 13.6. The van der Waals surface area contributed by atoms with Gasteiger partial charge in [-0.15, -0.1) is 0 Å². The number of ketones is 1. The monoisotopic (exact) mass is 498 g/mol. The maximum atomic E-state index is 13.6. The fraction of sp³-hybridized carbons (Fsp3) is 0.457. The molecule has 2 heteroatoms. The lowest BCUT2D eigenvalue weighted by molar-refractivity contribution is 0.103. The van der Waals surface area contributed by atoms with Gasteiger partial charge in [0.15, 0.2) is 5.78 Å². The number of rotatable bonds is 12. The van der Waals surface area contributed by atoms with Crippen LogP contribution in [0.3, 0.4) is 0 Å². The number of carbonyl (C=O) groups excluding carboxylic acids is 1. The quantitative estimate of drug-likeness (QED) is 0.199. The van der Waals surface area contributed by atoms with Crippen molar-refractivity contribution in [3.05, 3.63) is 89.0 Å². The molecular weight excluding hydrogens is 452 g/mol. The Bertz CT molecular complexity index is 1170. The van der Waals surface area contributed by atoms with E-state index in [2.05, 4.69) is 59.7 Å². The van der Waals surface area contributed by atoms with Crippen LogP contribution in [0.4, 0.5) is 0 Å². The van der Waals surface area contributed by atoms with E-state index < -0.39 is 0 Å². The van der Waals surface area contributed by atoms with Crippen LogP contribution in [0, 0.1) is 5.41 Å². The summed E-state index contributed by atoms with van der Waals surface area (Å²) >= 11 is 0. The van der Waals surface area contributed by atoms with Gasteiger partial charge in [-0.25, -0.2) is 0 Å². The van der Waals surface area contributed by atoms with Crippen LogP contribution in [0.5, 0.6) is 5.75 Å². The van der Waals surface area contributed by atoms with Gasteiger partial charge in [0.05, 0.1) is 0 Å². The molecular formula is C35H46O2. The fourth-order valence-electron chi connectivity index (χ4n) is 5.62. The van der Waals surface area contributed by atoms with Crippen LogP contribution in [-0.4, -0.2) is 10.9 Å². The lowest BCUT2D eigenvalue weighted by Crippen LogP contribution is -2.24. The zero-order valence-electron chi connectivity index (χ0n) is 23.9. The highest BCUT2D eigenvalue weighted by Crippen LogP contribution is 2.41. The first-order valence-corrected chi connectivity index (χ1v) is 14.1. The predicted octanol–water partition coefficient (Wildman–Crippen LogP) is 9.91. The molecule has 0 aliphatic carbocycles. The van der Waals surface area contributed by atoms with Crippen molar-refractivity contribution in [2.24, 2.45) is 5.41 Å². The summed E-state index contributed by atoms with van der Waals surface area (Å²) in [6.07, 6.45) is 9.50. The van der Waals surface area contributed by atoms with Crippen molar-refractivity contribution in [1.82, 2.24) is 0 Å². The van der Waals surface area contributed by atoms with Gasteiger partial charge in [-0.1, -0.05) is 128 Å². The minimum absolute atomic E-state index is 0.0135. The summed E-state index contributed by atoms with van der Waals surface area (Å²) in [5.41, 5.74) is 5.36. The molecule has 2 nitrogen and oxygen atoms in total. The summed E-state index contributed by atoms with van der Waals surface area (Å²) in [6.45, 7) is 13.6. The largest absolute Gasteiger partial charge is 0.507 e. The van der Waals surface area contributed by atoms with Crippen LogP contribution in [0.2, 0.25) is 0 Å². The molecule has 1 N–H and O–H groups in total. The van der Waals surface area contributed by atoms with E-state index in [1.165, 1.54) is 43.2 Å². The smallest absolute Gasteiger partial charge is 0.193 e. The number of phenols is 1. The van der Waals surface area contributed by atoms with Crippen LogP contribution in [0.25, 0.3) is 11.1 Å². The number of aryl methyl sites for hydroxylation is 1. The first kappa shape index (κ1) is 28.7. The molecule has 0 saturated carbocycles. The van der Waals surface area contributed by atoms with Crippen LogP contribution in [0.15, 0.2) is 66.7 Å². The van der Waals surface area contributed by atoms with Gasteiger partial charge >= 0.3 is 0 Å². The van der Waals surface area contributed by atoms with Crippen LogP contribution in [0.1, 0.15) is 114 Å². The third-order valence-corrected chi connectivity index (χ3v) is 7.22. The van der Waals surface area contributed by atoms with Gasteiger partial charge in [0, 0.05) is 16.7 Å². The van der Waals surface area contributed by atoms with Crippen molar-refractivity contribution < 1.29 is 9.90 Å². The third-order valence-electron chi connectivity index (χ3n) is 7.22. The first-order valence-electron chi connectivity index (χ1n) is 14.1. The highest BCUT2D eigenvalue weighted by atomic mass is 16.3. The van der Waals surface area contributed by atoms with Gasteiger partial charge < -0.3 is 5.11 Å². The molecule has 0 aromatic heterocycles. The Hall–Kier alpha value is -2.87. The van der Waals surface area contributed by atoms with E-state index >= 15 is 0 Å². The predicted molar refractivity (Wildman–Crippen MR) is 158 cm³/mol. The Kier molecular flexibility index (Phi) is 9.76. The number of carbonyl (C=O) groups is 1. The molecule has 0 fully saturated rings. The van der Waals surface area contributed by atoms with E-state index in [-0.39, 0.29) is 22.4 Å². The molecule has 0 amide bonds. The summed E-state index contributed by atoms with van der Waals surface area (Å²) < 4.78 is 0. The summed E-state index contributed by atoms with van der Waals surface area (Å²) in [5, 5.41) is 11.0. The molecule has 0 aliphatic rings.